The van der Waals surface area contributed by atoms with E-state index < -0.39 is 23.8 Å². The molecule has 0 radical (unpaired) electrons. The molecule has 1 aliphatic rings. The molecule has 1 saturated heterocycles. The van der Waals surface area contributed by atoms with Crippen molar-refractivity contribution in [3.63, 3.8) is 0 Å². The topological polar surface area (TPSA) is 131 Å². The molecular formula is C28H22ClN3O7. The van der Waals surface area contributed by atoms with E-state index in [-0.39, 0.29) is 40.1 Å². The van der Waals surface area contributed by atoms with Crippen LogP contribution in [0.5, 0.6) is 5.75 Å². The van der Waals surface area contributed by atoms with Gasteiger partial charge in [0.25, 0.3) is 17.7 Å². The summed E-state index contributed by atoms with van der Waals surface area (Å²) >= 11 is 6.31. The summed E-state index contributed by atoms with van der Waals surface area (Å²) in [4.78, 5) is 62.6. The number of ether oxygens (including phenoxy) is 2. The lowest BCUT2D eigenvalue weighted by Gasteiger charge is -2.26. The summed E-state index contributed by atoms with van der Waals surface area (Å²) in [6.07, 6.45) is 1.28. The Labute approximate surface area is 228 Å². The van der Waals surface area contributed by atoms with Crippen LogP contribution in [0.2, 0.25) is 5.02 Å². The zero-order valence-electron chi connectivity index (χ0n) is 20.8. The number of urea groups is 1. The molecule has 0 saturated carbocycles. The average Bonchev–Trinajstić information content (AvgIpc) is 2.91. The predicted molar refractivity (Wildman–Crippen MR) is 144 cm³/mol. The van der Waals surface area contributed by atoms with Crippen molar-refractivity contribution in [3.05, 3.63) is 94.0 Å². The predicted octanol–water partition coefficient (Wildman–Crippen LogP) is 4.12. The normalized spacial score (nSPS) is 14.2. The molecule has 0 spiro atoms. The van der Waals surface area contributed by atoms with Crippen LogP contribution in [0, 0.1) is 6.92 Å². The first-order valence-electron chi connectivity index (χ1n) is 11.5. The number of amides is 5. The number of methoxy groups -OCH3 is 1. The molecule has 11 heteroatoms. The third-order valence-electron chi connectivity index (χ3n) is 5.61. The number of aryl methyl sites for hydroxylation is 1. The summed E-state index contributed by atoms with van der Waals surface area (Å²) in [6, 6.07) is 16.4. The van der Waals surface area contributed by atoms with Crippen LogP contribution in [0.25, 0.3) is 6.08 Å². The largest absolute Gasteiger partial charge is 0.482 e. The molecule has 39 heavy (non-hydrogen) atoms. The van der Waals surface area contributed by atoms with Gasteiger partial charge in [0.05, 0.1) is 23.4 Å². The van der Waals surface area contributed by atoms with Gasteiger partial charge >= 0.3 is 12.0 Å². The van der Waals surface area contributed by atoms with Crippen LogP contribution in [0.4, 0.5) is 16.2 Å². The van der Waals surface area contributed by atoms with Gasteiger partial charge in [-0.1, -0.05) is 35.4 Å². The minimum atomic E-state index is -0.932. The van der Waals surface area contributed by atoms with Crippen molar-refractivity contribution in [2.45, 2.75) is 6.92 Å². The Morgan fingerprint density at radius 2 is 1.69 bits per heavy atom. The number of hydrogen-bond acceptors (Lipinski definition) is 7. The average molecular weight is 548 g/mol. The van der Waals surface area contributed by atoms with Gasteiger partial charge in [0, 0.05) is 5.69 Å². The number of imide groups is 2. The number of benzene rings is 3. The SMILES string of the molecule is COC(=O)c1ccc(N2C(=O)NC(=O)/C(=C\c3ccc(OCC(=O)Nc4ccc(C)cc4)c(Cl)c3)C2=O)cc1. The van der Waals surface area contributed by atoms with Crippen molar-refractivity contribution < 1.29 is 33.4 Å². The lowest BCUT2D eigenvalue weighted by Crippen LogP contribution is -2.54. The maximum Gasteiger partial charge on any atom is 0.337 e. The fourth-order valence-electron chi connectivity index (χ4n) is 3.62. The zero-order chi connectivity index (χ0) is 28.1. The molecule has 4 rings (SSSR count). The van der Waals surface area contributed by atoms with Gasteiger partial charge in [-0.3, -0.25) is 19.7 Å². The first-order chi connectivity index (χ1) is 18.7. The zero-order valence-corrected chi connectivity index (χ0v) is 21.6. The summed E-state index contributed by atoms with van der Waals surface area (Å²) in [5, 5.41) is 4.98. The van der Waals surface area contributed by atoms with Crippen LogP contribution in [0.15, 0.2) is 72.3 Å². The molecule has 1 fully saturated rings. The van der Waals surface area contributed by atoms with E-state index in [1.165, 1.54) is 49.6 Å². The lowest BCUT2D eigenvalue weighted by atomic mass is 10.1. The highest BCUT2D eigenvalue weighted by molar-refractivity contribution is 6.39. The Hall–Kier alpha value is -4.96. The number of barbiturate groups is 1. The minimum Gasteiger partial charge on any atom is -0.482 e. The van der Waals surface area contributed by atoms with Gasteiger partial charge in [0.2, 0.25) is 0 Å². The van der Waals surface area contributed by atoms with Crippen LogP contribution >= 0.6 is 11.6 Å². The molecule has 2 N–H and O–H groups in total. The number of nitrogens with one attached hydrogen (secondary N) is 2. The van der Waals surface area contributed by atoms with E-state index in [1.807, 2.05) is 19.1 Å². The van der Waals surface area contributed by atoms with Crippen molar-refractivity contribution in [2.24, 2.45) is 0 Å². The molecule has 0 bridgehead atoms. The van der Waals surface area contributed by atoms with Gasteiger partial charge in [0.1, 0.15) is 11.3 Å². The third-order valence-corrected chi connectivity index (χ3v) is 5.90. The maximum absolute atomic E-state index is 13.1. The van der Waals surface area contributed by atoms with Gasteiger partial charge in [-0.05, 0) is 67.1 Å². The Balaban J connectivity index is 1.47. The van der Waals surface area contributed by atoms with Crippen LogP contribution in [0.1, 0.15) is 21.5 Å². The third kappa shape index (κ3) is 6.31. The second-order valence-electron chi connectivity index (χ2n) is 8.39. The Bertz CT molecular complexity index is 1500. The number of carbonyl (C=O) groups excluding carboxylic acids is 5. The molecule has 1 aliphatic heterocycles. The molecule has 3 aromatic rings. The highest BCUT2D eigenvalue weighted by Crippen LogP contribution is 2.28. The number of rotatable bonds is 7. The quantitative estimate of drug-likeness (QED) is 0.258. The highest BCUT2D eigenvalue weighted by Gasteiger charge is 2.36. The Kier molecular flexibility index (Phi) is 8.07. The van der Waals surface area contributed by atoms with E-state index >= 15 is 0 Å². The van der Waals surface area contributed by atoms with E-state index in [0.717, 1.165) is 10.5 Å². The van der Waals surface area contributed by atoms with Crippen molar-refractivity contribution in [1.29, 1.82) is 0 Å². The van der Waals surface area contributed by atoms with E-state index in [1.54, 1.807) is 18.2 Å². The number of nitrogens with zero attached hydrogens (tertiary/aromatic N) is 1. The maximum atomic E-state index is 13.1. The van der Waals surface area contributed by atoms with Gasteiger partial charge in [-0.25, -0.2) is 14.5 Å². The summed E-state index contributed by atoms with van der Waals surface area (Å²) in [7, 11) is 1.23. The summed E-state index contributed by atoms with van der Waals surface area (Å²) in [5.74, 6) is -2.48. The summed E-state index contributed by atoms with van der Waals surface area (Å²) < 4.78 is 10.2. The van der Waals surface area contributed by atoms with Crippen molar-refractivity contribution in [3.8, 4) is 5.75 Å². The van der Waals surface area contributed by atoms with Crippen molar-refractivity contribution in [1.82, 2.24) is 5.32 Å². The molecule has 0 aliphatic carbocycles. The minimum absolute atomic E-state index is 0.141. The van der Waals surface area contributed by atoms with Crippen molar-refractivity contribution in [2.75, 3.05) is 23.9 Å². The monoisotopic (exact) mass is 547 g/mol. The first-order valence-corrected chi connectivity index (χ1v) is 11.9. The summed E-state index contributed by atoms with van der Waals surface area (Å²) in [6.45, 7) is 1.65. The smallest absolute Gasteiger partial charge is 0.337 e. The molecule has 3 aromatic carbocycles. The molecule has 0 unspecified atom stereocenters. The first kappa shape index (κ1) is 27.1. The molecule has 5 amide bonds. The van der Waals surface area contributed by atoms with Crippen LogP contribution in [-0.2, 0) is 19.1 Å². The van der Waals surface area contributed by atoms with Gasteiger partial charge in [-0.2, -0.15) is 0 Å². The van der Waals surface area contributed by atoms with E-state index in [0.29, 0.717) is 11.3 Å². The molecular weight excluding hydrogens is 526 g/mol. The van der Waals surface area contributed by atoms with E-state index in [9.17, 15) is 24.0 Å². The number of hydrogen-bond donors (Lipinski definition) is 2. The molecule has 198 valence electrons. The molecule has 10 nitrogen and oxygen atoms in total. The van der Waals surface area contributed by atoms with Gasteiger partial charge < -0.3 is 14.8 Å². The molecule has 1 heterocycles. The number of esters is 1. The number of carbonyl (C=O) groups is 5. The van der Waals surface area contributed by atoms with Crippen molar-refractivity contribution >= 4 is 58.8 Å². The highest BCUT2D eigenvalue weighted by atomic mass is 35.5. The second kappa shape index (κ2) is 11.6. The van der Waals surface area contributed by atoms with E-state index in [4.69, 9.17) is 16.3 Å². The van der Waals surface area contributed by atoms with Gasteiger partial charge in [0.15, 0.2) is 6.61 Å². The van der Waals surface area contributed by atoms with E-state index in [2.05, 4.69) is 15.4 Å². The summed E-state index contributed by atoms with van der Waals surface area (Å²) in [5.41, 5.74) is 2.13. The Morgan fingerprint density at radius 1 is 1.00 bits per heavy atom. The standard InChI is InChI=1S/C28H22ClN3O7/c1-16-3-8-19(9-4-16)30-24(33)15-39-23-12-5-17(14-22(23)29)13-21-25(34)31-28(37)32(26(21)35)20-10-6-18(7-11-20)27(36)38-2/h3-14H,15H2,1-2H3,(H,30,33)(H,31,34,37)/b21-13+. The number of anilines is 2. The van der Waals surface area contributed by atoms with Gasteiger partial charge in [-0.15, -0.1) is 0 Å². The van der Waals surface area contributed by atoms with Crippen LogP contribution in [-0.4, -0.2) is 43.4 Å². The fourth-order valence-corrected chi connectivity index (χ4v) is 3.87. The Morgan fingerprint density at radius 3 is 2.33 bits per heavy atom. The molecule has 0 aromatic heterocycles. The second-order valence-corrected chi connectivity index (χ2v) is 8.80. The van der Waals surface area contributed by atoms with Crippen LogP contribution < -0.4 is 20.3 Å². The molecule has 0 atom stereocenters. The fraction of sp³-hybridized carbons (Fsp3) is 0.107. The number of halogens is 1. The van der Waals surface area contributed by atoms with Crippen LogP contribution in [0.3, 0.4) is 0 Å². The lowest BCUT2D eigenvalue weighted by molar-refractivity contribution is -0.122.